The van der Waals surface area contributed by atoms with E-state index in [4.69, 9.17) is 9.97 Å². The van der Waals surface area contributed by atoms with Crippen molar-refractivity contribution in [3.05, 3.63) is 125 Å². The van der Waals surface area contributed by atoms with E-state index in [1.165, 1.54) is 12.1 Å². The predicted molar refractivity (Wildman–Crippen MR) is 155 cm³/mol. The van der Waals surface area contributed by atoms with E-state index < -0.39 is 0 Å². The number of benzene rings is 5. The van der Waals surface area contributed by atoms with E-state index in [0.717, 1.165) is 49.0 Å². The van der Waals surface area contributed by atoms with Gasteiger partial charge in [-0.2, -0.15) is 4.98 Å². The van der Waals surface area contributed by atoms with Gasteiger partial charge < -0.3 is 0 Å². The van der Waals surface area contributed by atoms with Gasteiger partial charge in [0, 0.05) is 39.1 Å². The number of aromatic nitrogens is 4. The summed E-state index contributed by atoms with van der Waals surface area (Å²) in [4.78, 5) is 21.5. The van der Waals surface area contributed by atoms with E-state index in [-0.39, 0.29) is 10.6 Å². The fourth-order valence-corrected chi connectivity index (χ4v) is 5.76. The third-order valence-corrected chi connectivity index (χ3v) is 7.43. The van der Waals surface area contributed by atoms with Crippen LogP contribution >= 0.6 is 0 Å². The summed E-state index contributed by atoms with van der Waals surface area (Å²) in [6.45, 7) is 0. The molecule has 0 amide bonds. The predicted octanol–water partition coefficient (Wildman–Crippen LogP) is 7.73. The van der Waals surface area contributed by atoms with Crippen molar-refractivity contribution in [3.8, 4) is 11.8 Å². The van der Waals surface area contributed by atoms with Gasteiger partial charge >= 0.3 is 0 Å². The first-order chi connectivity index (χ1) is 19.2. The Hall–Kier alpha value is -5.56. The second-order valence-corrected chi connectivity index (χ2v) is 9.55. The van der Waals surface area contributed by atoms with Crippen LogP contribution in [0.2, 0.25) is 0 Å². The van der Waals surface area contributed by atoms with Gasteiger partial charge in [-0.05, 0) is 30.3 Å². The summed E-state index contributed by atoms with van der Waals surface area (Å²) in [6, 6.07) is 37.6. The van der Waals surface area contributed by atoms with Crippen molar-refractivity contribution in [1.82, 2.24) is 19.1 Å². The van der Waals surface area contributed by atoms with Gasteiger partial charge in [-0.15, -0.1) is 0 Å². The van der Waals surface area contributed by atoms with Crippen LogP contribution in [0.1, 0.15) is 0 Å². The van der Waals surface area contributed by atoms with Crippen molar-refractivity contribution in [1.29, 1.82) is 0 Å². The summed E-state index contributed by atoms with van der Waals surface area (Å²) in [7, 11) is 0. The maximum Gasteiger partial charge on any atom is 0.271 e. The first-order valence-corrected chi connectivity index (χ1v) is 12.6. The standard InChI is InChI=1S/C32H19N5O2/c38-37(39)20-17-18-25-26(19-20)33-32(36-29-15-7-3-11-23(29)24-12-4-8-16-30(24)36)34-31(25)35-27-13-5-1-9-21(27)22-10-2-6-14-28(22)35/h1-19H. The molecule has 39 heavy (non-hydrogen) atoms. The minimum atomic E-state index is -0.387. The van der Waals surface area contributed by atoms with Gasteiger partial charge in [0.2, 0.25) is 5.95 Å². The van der Waals surface area contributed by atoms with Gasteiger partial charge in [0.25, 0.3) is 5.69 Å². The summed E-state index contributed by atoms with van der Waals surface area (Å²) >= 11 is 0. The highest BCUT2D eigenvalue weighted by molar-refractivity contribution is 6.11. The minimum Gasteiger partial charge on any atom is -0.293 e. The van der Waals surface area contributed by atoms with Crippen molar-refractivity contribution < 1.29 is 4.92 Å². The molecule has 8 rings (SSSR count). The molecule has 0 atom stereocenters. The quantitative estimate of drug-likeness (QED) is 0.182. The highest BCUT2D eigenvalue weighted by atomic mass is 16.6. The lowest BCUT2D eigenvalue weighted by Crippen LogP contribution is -2.07. The van der Waals surface area contributed by atoms with Crippen LogP contribution in [-0.4, -0.2) is 24.0 Å². The molecule has 0 saturated carbocycles. The molecule has 0 radical (unpaired) electrons. The Labute approximate surface area is 221 Å². The van der Waals surface area contributed by atoms with E-state index in [0.29, 0.717) is 17.3 Å². The van der Waals surface area contributed by atoms with Crippen molar-refractivity contribution in [2.45, 2.75) is 0 Å². The molecule has 8 aromatic rings. The van der Waals surface area contributed by atoms with Crippen LogP contribution in [0.5, 0.6) is 0 Å². The smallest absolute Gasteiger partial charge is 0.271 e. The highest BCUT2D eigenvalue weighted by Gasteiger charge is 2.21. The molecule has 0 fully saturated rings. The molecule has 7 heteroatoms. The third kappa shape index (κ3) is 3.04. The van der Waals surface area contributed by atoms with E-state index in [9.17, 15) is 10.1 Å². The summed E-state index contributed by atoms with van der Waals surface area (Å²) in [5, 5.41) is 16.9. The van der Waals surface area contributed by atoms with Crippen molar-refractivity contribution in [2.75, 3.05) is 0 Å². The topological polar surface area (TPSA) is 78.8 Å². The lowest BCUT2D eigenvalue weighted by molar-refractivity contribution is -0.384. The molecular formula is C32H19N5O2. The summed E-state index contributed by atoms with van der Waals surface area (Å²) in [6.07, 6.45) is 0. The van der Waals surface area contributed by atoms with Gasteiger partial charge in [-0.25, -0.2) is 4.98 Å². The highest BCUT2D eigenvalue weighted by Crippen LogP contribution is 2.36. The van der Waals surface area contributed by atoms with Crippen LogP contribution in [0.25, 0.3) is 66.3 Å². The number of nitro benzene ring substituents is 1. The number of nitrogens with zero attached hydrogens (tertiary/aromatic N) is 5. The Bertz CT molecular complexity index is 2170. The van der Waals surface area contributed by atoms with Gasteiger partial charge in [-0.3, -0.25) is 19.2 Å². The van der Waals surface area contributed by atoms with E-state index in [2.05, 4.69) is 53.1 Å². The average molecular weight is 506 g/mol. The number of para-hydroxylation sites is 4. The van der Waals surface area contributed by atoms with Crippen LogP contribution in [0.3, 0.4) is 0 Å². The number of nitro groups is 1. The molecule has 0 saturated heterocycles. The van der Waals surface area contributed by atoms with Gasteiger partial charge in [0.05, 0.1) is 32.5 Å². The molecular weight excluding hydrogens is 486 g/mol. The second-order valence-electron chi connectivity index (χ2n) is 9.55. The summed E-state index contributed by atoms with van der Waals surface area (Å²) in [5.41, 5.74) is 4.44. The van der Waals surface area contributed by atoms with Crippen LogP contribution in [-0.2, 0) is 0 Å². The number of rotatable bonds is 3. The number of non-ortho nitro benzene ring substituents is 1. The maximum absolute atomic E-state index is 11.7. The number of hydrogen-bond donors (Lipinski definition) is 0. The molecule has 0 aliphatic carbocycles. The fraction of sp³-hybridized carbons (Fsp3) is 0. The molecule has 0 aliphatic heterocycles. The number of hydrogen-bond acceptors (Lipinski definition) is 4. The zero-order valence-electron chi connectivity index (χ0n) is 20.5. The van der Waals surface area contributed by atoms with Crippen LogP contribution in [0, 0.1) is 10.1 Å². The molecule has 3 heterocycles. The first-order valence-electron chi connectivity index (χ1n) is 12.6. The van der Waals surface area contributed by atoms with E-state index in [1.54, 1.807) is 6.07 Å². The zero-order chi connectivity index (χ0) is 26.1. The maximum atomic E-state index is 11.7. The second kappa shape index (κ2) is 7.97. The van der Waals surface area contributed by atoms with Crippen LogP contribution in [0.15, 0.2) is 115 Å². The van der Waals surface area contributed by atoms with Gasteiger partial charge in [0.1, 0.15) is 0 Å². The molecule has 3 aromatic heterocycles. The average Bonchev–Trinajstić information content (AvgIpc) is 3.49. The first kappa shape index (κ1) is 21.5. The van der Waals surface area contributed by atoms with Gasteiger partial charge in [0.15, 0.2) is 5.82 Å². The Morgan fingerprint density at radius 2 is 1.00 bits per heavy atom. The summed E-state index contributed by atoms with van der Waals surface area (Å²) < 4.78 is 4.18. The molecule has 0 spiro atoms. The Morgan fingerprint density at radius 1 is 0.538 bits per heavy atom. The largest absolute Gasteiger partial charge is 0.293 e. The Kier molecular flexibility index (Phi) is 4.40. The lowest BCUT2D eigenvalue weighted by atomic mass is 10.2. The Balaban J connectivity index is 1.56. The van der Waals surface area contributed by atoms with Crippen LogP contribution in [0.4, 0.5) is 5.69 Å². The molecule has 0 aliphatic rings. The molecule has 5 aromatic carbocycles. The van der Waals surface area contributed by atoms with E-state index >= 15 is 0 Å². The minimum absolute atomic E-state index is 0.0115. The summed E-state index contributed by atoms with van der Waals surface area (Å²) in [5.74, 6) is 1.13. The SMILES string of the molecule is O=[N+]([O-])c1ccc2c(-n3c4ccccc4c4ccccc43)nc(-n3c4ccccc4c4ccccc43)nc2c1. The zero-order valence-corrected chi connectivity index (χ0v) is 20.5. The fourth-order valence-electron chi connectivity index (χ4n) is 5.76. The van der Waals surface area contributed by atoms with Crippen LogP contribution < -0.4 is 0 Å². The Morgan fingerprint density at radius 3 is 1.49 bits per heavy atom. The van der Waals surface area contributed by atoms with Gasteiger partial charge in [-0.1, -0.05) is 72.8 Å². The third-order valence-electron chi connectivity index (χ3n) is 7.43. The monoisotopic (exact) mass is 505 g/mol. The number of fused-ring (bicyclic) bond motifs is 7. The molecule has 0 unspecified atom stereocenters. The van der Waals surface area contributed by atoms with E-state index in [1.807, 2.05) is 53.1 Å². The normalized spacial score (nSPS) is 11.8. The molecule has 0 N–H and O–H groups in total. The van der Waals surface area contributed by atoms with Crippen molar-refractivity contribution in [2.24, 2.45) is 0 Å². The lowest BCUT2D eigenvalue weighted by Gasteiger charge is -2.14. The molecule has 0 bridgehead atoms. The molecule has 184 valence electrons. The van der Waals surface area contributed by atoms with Crippen molar-refractivity contribution in [3.63, 3.8) is 0 Å². The van der Waals surface area contributed by atoms with Crippen molar-refractivity contribution >= 4 is 60.2 Å². The molecule has 7 nitrogen and oxygen atoms in total.